The summed E-state index contributed by atoms with van der Waals surface area (Å²) in [5, 5.41) is 3.39. The Balaban J connectivity index is 1.75. The van der Waals surface area contributed by atoms with Crippen molar-refractivity contribution in [1.82, 2.24) is 5.32 Å². The number of thiophene rings is 1. The van der Waals surface area contributed by atoms with Crippen LogP contribution in [-0.2, 0) is 28.9 Å². The van der Waals surface area contributed by atoms with Gasteiger partial charge in [-0.2, -0.15) is 0 Å². The van der Waals surface area contributed by atoms with Gasteiger partial charge < -0.3 is 10.1 Å². The first-order chi connectivity index (χ1) is 8.69. The molecule has 0 fully saturated rings. The molecule has 2 rings (SSSR count). The van der Waals surface area contributed by atoms with Crippen molar-refractivity contribution < 1.29 is 9.53 Å². The lowest BCUT2D eigenvalue weighted by Gasteiger charge is -2.12. The van der Waals surface area contributed by atoms with Crippen LogP contribution in [0.2, 0.25) is 0 Å². The zero-order valence-electron chi connectivity index (χ0n) is 11.1. The fourth-order valence-corrected chi connectivity index (χ4v) is 3.51. The first kappa shape index (κ1) is 13.6. The van der Waals surface area contributed by atoms with Crippen LogP contribution >= 0.6 is 11.3 Å². The third-order valence-electron chi connectivity index (χ3n) is 3.20. The van der Waals surface area contributed by atoms with Crippen molar-refractivity contribution in [2.45, 2.75) is 52.1 Å². The molecule has 0 bridgehead atoms. The first-order valence-electron chi connectivity index (χ1n) is 6.68. The van der Waals surface area contributed by atoms with Crippen molar-refractivity contribution >= 4 is 17.3 Å². The predicted molar refractivity (Wildman–Crippen MR) is 73.9 cm³/mol. The molecule has 0 saturated heterocycles. The summed E-state index contributed by atoms with van der Waals surface area (Å²) in [5.41, 5.74) is 1.54. The fourth-order valence-electron chi connectivity index (χ4n) is 2.29. The summed E-state index contributed by atoms with van der Waals surface area (Å²) in [6.07, 6.45) is 4.25. The van der Waals surface area contributed by atoms with Gasteiger partial charge in [-0.25, -0.2) is 0 Å². The summed E-state index contributed by atoms with van der Waals surface area (Å²) in [6, 6.07) is 2.48. The zero-order valence-corrected chi connectivity index (χ0v) is 11.9. The molecule has 0 aromatic carbocycles. The fraction of sp³-hybridized carbons (Fsp3) is 0.643. The lowest BCUT2D eigenvalue weighted by Crippen LogP contribution is -2.28. The smallest absolute Gasteiger partial charge is 0.307 e. The Morgan fingerprint density at radius 2 is 2.39 bits per heavy atom. The van der Waals surface area contributed by atoms with Crippen LogP contribution in [0.1, 0.15) is 42.0 Å². The van der Waals surface area contributed by atoms with E-state index in [2.05, 4.69) is 11.4 Å². The number of carbonyl (C=O) groups excluding carboxylic acids is 1. The van der Waals surface area contributed by atoms with E-state index >= 15 is 0 Å². The molecule has 1 atom stereocenters. The maximum Gasteiger partial charge on any atom is 0.307 e. The molecule has 1 heterocycles. The van der Waals surface area contributed by atoms with Gasteiger partial charge in [0.05, 0.1) is 13.0 Å². The van der Waals surface area contributed by atoms with Crippen molar-refractivity contribution in [1.29, 1.82) is 0 Å². The van der Waals surface area contributed by atoms with Crippen LogP contribution in [0.15, 0.2) is 6.07 Å². The van der Waals surface area contributed by atoms with Gasteiger partial charge in [-0.3, -0.25) is 4.79 Å². The number of aryl methyl sites for hydroxylation is 2. The third kappa shape index (κ3) is 3.56. The van der Waals surface area contributed by atoms with Crippen molar-refractivity contribution in [2.75, 3.05) is 6.61 Å². The Bertz CT molecular complexity index is 392. The molecule has 4 heteroatoms. The largest absolute Gasteiger partial charge is 0.466 e. The number of hydrogen-bond donors (Lipinski definition) is 1. The number of fused-ring (bicyclic) bond motifs is 1. The Labute approximate surface area is 113 Å². The highest BCUT2D eigenvalue weighted by atomic mass is 32.1. The summed E-state index contributed by atoms with van der Waals surface area (Å²) < 4.78 is 4.94. The summed E-state index contributed by atoms with van der Waals surface area (Å²) in [5.74, 6) is -0.119. The van der Waals surface area contributed by atoms with Crippen molar-refractivity contribution in [2.24, 2.45) is 0 Å². The van der Waals surface area contributed by atoms with Crippen LogP contribution in [0, 0.1) is 0 Å². The van der Waals surface area contributed by atoms with Gasteiger partial charge in [0, 0.05) is 22.3 Å². The molecule has 0 spiro atoms. The molecule has 1 aliphatic carbocycles. The molecule has 1 aliphatic rings. The molecule has 0 saturated carbocycles. The topological polar surface area (TPSA) is 38.3 Å². The van der Waals surface area contributed by atoms with Gasteiger partial charge in [-0.1, -0.05) is 0 Å². The van der Waals surface area contributed by atoms with E-state index in [0.29, 0.717) is 13.0 Å². The lowest BCUT2D eigenvalue weighted by molar-refractivity contribution is -0.143. The molecule has 0 aliphatic heterocycles. The summed E-state index contributed by atoms with van der Waals surface area (Å²) in [6.45, 7) is 5.18. The van der Waals surface area contributed by atoms with E-state index in [1.54, 1.807) is 4.88 Å². The van der Waals surface area contributed by atoms with Crippen LogP contribution in [0.4, 0.5) is 0 Å². The Morgan fingerprint density at radius 3 is 3.11 bits per heavy atom. The van der Waals surface area contributed by atoms with Gasteiger partial charge in [-0.15, -0.1) is 11.3 Å². The minimum absolute atomic E-state index is 0.119. The van der Waals surface area contributed by atoms with E-state index in [9.17, 15) is 4.79 Å². The van der Waals surface area contributed by atoms with Crippen molar-refractivity contribution in [3.63, 3.8) is 0 Å². The number of rotatable bonds is 6. The van der Waals surface area contributed by atoms with Gasteiger partial charge in [0.1, 0.15) is 0 Å². The van der Waals surface area contributed by atoms with Crippen LogP contribution in [0.25, 0.3) is 0 Å². The maximum absolute atomic E-state index is 11.3. The van der Waals surface area contributed by atoms with Crippen LogP contribution < -0.4 is 5.32 Å². The second-order valence-corrected chi connectivity index (χ2v) is 6.03. The average Bonchev–Trinajstić information content (AvgIpc) is 2.86. The zero-order chi connectivity index (χ0) is 13.0. The van der Waals surface area contributed by atoms with Gasteiger partial charge in [-0.05, 0) is 44.7 Å². The monoisotopic (exact) mass is 267 g/mol. The van der Waals surface area contributed by atoms with E-state index in [1.165, 1.54) is 29.7 Å². The highest BCUT2D eigenvalue weighted by Crippen LogP contribution is 2.30. The Hall–Kier alpha value is -0.870. The van der Waals surface area contributed by atoms with Crippen LogP contribution in [-0.4, -0.2) is 18.6 Å². The van der Waals surface area contributed by atoms with Crippen molar-refractivity contribution in [3.8, 4) is 0 Å². The predicted octanol–water partition coefficient (Wildman–Crippen LogP) is 2.67. The van der Waals surface area contributed by atoms with Gasteiger partial charge >= 0.3 is 5.97 Å². The van der Waals surface area contributed by atoms with Crippen LogP contribution in [0.5, 0.6) is 0 Å². The quantitative estimate of drug-likeness (QED) is 0.805. The molecule has 0 radical (unpaired) electrons. The number of hydrogen-bond acceptors (Lipinski definition) is 4. The standard InChI is InChI=1S/C14H21NO2S/c1-3-17-14(16)7-10(2)15-9-12-8-11-5-4-6-13(11)18-12/h8,10,15H,3-7,9H2,1-2H3. The summed E-state index contributed by atoms with van der Waals surface area (Å²) in [4.78, 5) is 14.3. The second-order valence-electron chi connectivity index (χ2n) is 4.81. The maximum atomic E-state index is 11.3. The van der Waals surface area contributed by atoms with E-state index in [1.807, 2.05) is 25.2 Å². The van der Waals surface area contributed by atoms with Gasteiger partial charge in [0.15, 0.2) is 0 Å². The van der Waals surface area contributed by atoms with E-state index in [4.69, 9.17) is 4.74 Å². The average molecular weight is 267 g/mol. The first-order valence-corrected chi connectivity index (χ1v) is 7.50. The van der Waals surface area contributed by atoms with Crippen molar-refractivity contribution in [3.05, 3.63) is 21.4 Å². The number of carbonyl (C=O) groups is 1. The lowest BCUT2D eigenvalue weighted by atomic mass is 10.2. The highest BCUT2D eigenvalue weighted by Gasteiger charge is 2.15. The molecule has 100 valence electrons. The highest BCUT2D eigenvalue weighted by molar-refractivity contribution is 7.12. The Kier molecular flexibility index (Phi) is 4.78. The van der Waals surface area contributed by atoms with Gasteiger partial charge in [0.2, 0.25) is 0 Å². The van der Waals surface area contributed by atoms with E-state index in [-0.39, 0.29) is 12.0 Å². The number of esters is 1. The molecular formula is C14H21NO2S. The molecule has 1 N–H and O–H groups in total. The Morgan fingerprint density at radius 1 is 1.56 bits per heavy atom. The molecule has 1 aromatic heterocycles. The van der Waals surface area contributed by atoms with E-state index in [0.717, 1.165) is 6.54 Å². The molecule has 18 heavy (non-hydrogen) atoms. The normalized spacial score (nSPS) is 15.4. The molecule has 1 unspecified atom stereocenters. The molecule has 3 nitrogen and oxygen atoms in total. The van der Waals surface area contributed by atoms with Gasteiger partial charge in [0.25, 0.3) is 0 Å². The SMILES string of the molecule is CCOC(=O)CC(C)NCc1cc2c(s1)CCC2. The minimum atomic E-state index is -0.119. The van der Waals surface area contributed by atoms with E-state index < -0.39 is 0 Å². The summed E-state index contributed by atoms with van der Waals surface area (Å²) >= 11 is 1.91. The molecule has 0 amide bonds. The minimum Gasteiger partial charge on any atom is -0.466 e. The number of ether oxygens (including phenoxy) is 1. The molecular weight excluding hydrogens is 246 g/mol. The third-order valence-corrected chi connectivity index (χ3v) is 4.44. The number of nitrogens with one attached hydrogen (secondary N) is 1. The molecule has 1 aromatic rings. The summed E-state index contributed by atoms with van der Waals surface area (Å²) in [7, 11) is 0. The van der Waals surface area contributed by atoms with Crippen LogP contribution in [0.3, 0.4) is 0 Å². The second kappa shape index (κ2) is 6.34.